The quantitative estimate of drug-likeness (QED) is 0.740. The molecule has 0 aliphatic heterocycles. The van der Waals surface area contributed by atoms with E-state index in [-0.39, 0.29) is 0 Å². The second-order valence-corrected chi connectivity index (χ2v) is 4.11. The molecular weight excluding hydrogens is 166 g/mol. The number of rotatable bonds is 5. The minimum atomic E-state index is 0.650. The Morgan fingerprint density at radius 2 is 2.42 bits per heavy atom. The zero-order chi connectivity index (χ0) is 8.81. The summed E-state index contributed by atoms with van der Waals surface area (Å²) >= 11 is 1.86. The molecule has 1 aromatic rings. The lowest BCUT2D eigenvalue weighted by molar-refractivity contribution is 0.532. The van der Waals surface area contributed by atoms with Crippen LogP contribution < -0.4 is 5.32 Å². The van der Waals surface area contributed by atoms with E-state index >= 15 is 0 Å². The summed E-state index contributed by atoms with van der Waals surface area (Å²) in [6.07, 6.45) is 2.46. The van der Waals surface area contributed by atoms with Crippen molar-refractivity contribution in [2.45, 2.75) is 32.7 Å². The normalized spacial score (nSPS) is 13.2. The number of hydrogen-bond acceptors (Lipinski definition) is 2. The lowest BCUT2D eigenvalue weighted by Crippen LogP contribution is -2.25. The van der Waals surface area contributed by atoms with Crippen LogP contribution in [0.15, 0.2) is 17.5 Å². The molecule has 0 bridgehead atoms. The lowest BCUT2D eigenvalue weighted by Gasteiger charge is -2.10. The Balaban J connectivity index is 2.17. The van der Waals surface area contributed by atoms with Crippen LogP contribution in [0.4, 0.5) is 0 Å². The van der Waals surface area contributed by atoms with E-state index in [2.05, 4.69) is 36.7 Å². The Labute approximate surface area is 78.8 Å². The Morgan fingerprint density at radius 3 is 3.00 bits per heavy atom. The number of hydrogen-bond donors (Lipinski definition) is 1. The largest absolute Gasteiger partial charge is 0.315 e. The maximum atomic E-state index is 3.41. The summed E-state index contributed by atoms with van der Waals surface area (Å²) in [6, 6.07) is 4.98. The standard InChI is InChI=1S/C10H17NS/c1-3-11-9(2)6-7-10-5-4-8-12-10/h4-5,8-9,11H,3,6-7H2,1-2H3. The predicted octanol–water partition coefficient (Wildman–Crippen LogP) is 2.68. The second-order valence-electron chi connectivity index (χ2n) is 3.08. The van der Waals surface area contributed by atoms with Crippen LogP contribution >= 0.6 is 11.3 Å². The molecule has 0 saturated carbocycles. The molecule has 1 aromatic heterocycles. The molecule has 0 aliphatic carbocycles. The van der Waals surface area contributed by atoms with Crippen LogP contribution in [0.1, 0.15) is 25.1 Å². The highest BCUT2D eigenvalue weighted by Crippen LogP contribution is 2.11. The first-order valence-electron chi connectivity index (χ1n) is 4.58. The SMILES string of the molecule is CCNC(C)CCc1cccs1. The van der Waals surface area contributed by atoms with Crippen molar-refractivity contribution in [2.24, 2.45) is 0 Å². The third kappa shape index (κ3) is 3.37. The number of thiophene rings is 1. The summed E-state index contributed by atoms with van der Waals surface area (Å²) in [7, 11) is 0. The van der Waals surface area contributed by atoms with E-state index in [0.717, 1.165) is 6.54 Å². The molecule has 1 rings (SSSR count). The van der Waals surface area contributed by atoms with Gasteiger partial charge in [0.1, 0.15) is 0 Å². The van der Waals surface area contributed by atoms with Gasteiger partial charge in [0, 0.05) is 10.9 Å². The van der Waals surface area contributed by atoms with Crippen LogP contribution in [0.25, 0.3) is 0 Å². The molecule has 2 heteroatoms. The van der Waals surface area contributed by atoms with E-state index in [1.165, 1.54) is 17.7 Å². The molecule has 1 atom stereocenters. The van der Waals surface area contributed by atoms with Crippen LogP contribution in [0.3, 0.4) is 0 Å². The van der Waals surface area contributed by atoms with Gasteiger partial charge < -0.3 is 5.32 Å². The third-order valence-corrected chi connectivity index (χ3v) is 2.89. The monoisotopic (exact) mass is 183 g/mol. The summed E-state index contributed by atoms with van der Waals surface area (Å²) in [5, 5.41) is 5.56. The van der Waals surface area contributed by atoms with E-state index in [1.54, 1.807) is 0 Å². The van der Waals surface area contributed by atoms with E-state index in [4.69, 9.17) is 0 Å². The van der Waals surface area contributed by atoms with Gasteiger partial charge in [-0.2, -0.15) is 0 Å². The highest BCUT2D eigenvalue weighted by atomic mass is 32.1. The van der Waals surface area contributed by atoms with E-state index in [0.29, 0.717) is 6.04 Å². The van der Waals surface area contributed by atoms with Crippen molar-refractivity contribution in [2.75, 3.05) is 6.54 Å². The first-order chi connectivity index (χ1) is 5.83. The molecule has 1 unspecified atom stereocenters. The second kappa shape index (κ2) is 5.33. The molecule has 12 heavy (non-hydrogen) atoms. The Bertz CT molecular complexity index is 194. The van der Waals surface area contributed by atoms with Crippen molar-refractivity contribution < 1.29 is 0 Å². The highest BCUT2D eigenvalue weighted by molar-refractivity contribution is 7.09. The van der Waals surface area contributed by atoms with Crippen LogP contribution in [-0.2, 0) is 6.42 Å². The van der Waals surface area contributed by atoms with E-state index in [1.807, 2.05) is 11.3 Å². The lowest BCUT2D eigenvalue weighted by atomic mass is 10.1. The van der Waals surface area contributed by atoms with Crippen LogP contribution in [0.2, 0.25) is 0 Å². The average molecular weight is 183 g/mol. The van der Waals surface area contributed by atoms with Crippen LogP contribution in [-0.4, -0.2) is 12.6 Å². The molecule has 68 valence electrons. The first-order valence-corrected chi connectivity index (χ1v) is 5.46. The predicted molar refractivity (Wildman–Crippen MR) is 55.8 cm³/mol. The zero-order valence-corrected chi connectivity index (χ0v) is 8.66. The van der Waals surface area contributed by atoms with Gasteiger partial charge in [-0.1, -0.05) is 13.0 Å². The maximum Gasteiger partial charge on any atom is 0.00458 e. The Hall–Kier alpha value is -0.340. The van der Waals surface area contributed by atoms with Crippen LogP contribution in [0, 0.1) is 0 Å². The van der Waals surface area contributed by atoms with Gasteiger partial charge in [-0.15, -0.1) is 11.3 Å². The van der Waals surface area contributed by atoms with Crippen molar-refractivity contribution in [3.8, 4) is 0 Å². The van der Waals surface area contributed by atoms with E-state index < -0.39 is 0 Å². The van der Waals surface area contributed by atoms with Crippen molar-refractivity contribution in [3.63, 3.8) is 0 Å². The fourth-order valence-electron chi connectivity index (χ4n) is 1.26. The summed E-state index contributed by atoms with van der Waals surface area (Å²) < 4.78 is 0. The molecule has 0 radical (unpaired) electrons. The molecule has 0 fully saturated rings. The summed E-state index contributed by atoms with van der Waals surface area (Å²) in [4.78, 5) is 1.50. The van der Waals surface area contributed by atoms with Gasteiger partial charge in [0.2, 0.25) is 0 Å². The molecular formula is C10H17NS. The Kier molecular flexibility index (Phi) is 4.33. The summed E-state index contributed by atoms with van der Waals surface area (Å²) in [6.45, 7) is 5.48. The topological polar surface area (TPSA) is 12.0 Å². The molecule has 1 N–H and O–H groups in total. The first kappa shape index (κ1) is 9.75. The van der Waals surface area contributed by atoms with Crippen molar-refractivity contribution in [1.29, 1.82) is 0 Å². The fraction of sp³-hybridized carbons (Fsp3) is 0.600. The molecule has 0 spiro atoms. The van der Waals surface area contributed by atoms with Gasteiger partial charge in [0.15, 0.2) is 0 Å². The zero-order valence-electron chi connectivity index (χ0n) is 7.84. The van der Waals surface area contributed by atoms with Gasteiger partial charge in [-0.05, 0) is 37.8 Å². The molecule has 0 aliphatic rings. The summed E-state index contributed by atoms with van der Waals surface area (Å²) in [5.74, 6) is 0. The van der Waals surface area contributed by atoms with Crippen molar-refractivity contribution in [1.82, 2.24) is 5.32 Å². The molecule has 1 nitrogen and oxygen atoms in total. The maximum absolute atomic E-state index is 3.41. The van der Waals surface area contributed by atoms with E-state index in [9.17, 15) is 0 Å². The number of aryl methyl sites for hydroxylation is 1. The molecule has 0 amide bonds. The van der Waals surface area contributed by atoms with Gasteiger partial charge in [-0.25, -0.2) is 0 Å². The van der Waals surface area contributed by atoms with Crippen molar-refractivity contribution >= 4 is 11.3 Å². The molecule has 1 heterocycles. The smallest absolute Gasteiger partial charge is 0.00458 e. The third-order valence-electron chi connectivity index (χ3n) is 1.96. The minimum Gasteiger partial charge on any atom is -0.315 e. The summed E-state index contributed by atoms with van der Waals surface area (Å²) in [5.41, 5.74) is 0. The minimum absolute atomic E-state index is 0.650. The van der Waals surface area contributed by atoms with Gasteiger partial charge in [0.05, 0.1) is 0 Å². The van der Waals surface area contributed by atoms with Gasteiger partial charge in [-0.3, -0.25) is 0 Å². The van der Waals surface area contributed by atoms with Gasteiger partial charge >= 0.3 is 0 Å². The molecule has 0 aromatic carbocycles. The van der Waals surface area contributed by atoms with Crippen LogP contribution in [0.5, 0.6) is 0 Å². The highest BCUT2D eigenvalue weighted by Gasteiger charge is 2.00. The number of nitrogens with one attached hydrogen (secondary N) is 1. The Morgan fingerprint density at radius 1 is 1.58 bits per heavy atom. The fourth-order valence-corrected chi connectivity index (χ4v) is 1.99. The van der Waals surface area contributed by atoms with Gasteiger partial charge in [0.25, 0.3) is 0 Å². The van der Waals surface area contributed by atoms with Crippen molar-refractivity contribution in [3.05, 3.63) is 22.4 Å². The average Bonchev–Trinajstić information content (AvgIpc) is 2.53. The molecule has 0 saturated heterocycles.